The van der Waals surface area contributed by atoms with Gasteiger partial charge in [0, 0.05) is 18.6 Å². The van der Waals surface area contributed by atoms with Gasteiger partial charge in [0.1, 0.15) is 0 Å². The minimum absolute atomic E-state index is 0.00992. The molecule has 1 fully saturated rings. The van der Waals surface area contributed by atoms with Crippen LogP contribution in [-0.2, 0) is 4.79 Å². The molecule has 1 atom stereocenters. The van der Waals surface area contributed by atoms with Gasteiger partial charge in [-0.2, -0.15) is 0 Å². The molecule has 2 N–H and O–H groups in total. The predicted octanol–water partition coefficient (Wildman–Crippen LogP) is 0.975. The Bertz CT molecular complexity index is 316. The third kappa shape index (κ3) is 6.42. The molecule has 0 aromatic rings. The number of carboxylic acids is 1. The lowest BCUT2D eigenvalue weighted by molar-refractivity contribution is -0.137. The molecule has 1 aliphatic carbocycles. The maximum absolute atomic E-state index is 12.1. The second-order valence-electron chi connectivity index (χ2n) is 5.51. The summed E-state index contributed by atoms with van der Waals surface area (Å²) in [5, 5.41) is 11.7. The molecule has 6 heteroatoms. The molecule has 0 aliphatic heterocycles. The Labute approximate surface area is 114 Å². The molecule has 0 radical (unpaired) electrons. The fourth-order valence-electron chi connectivity index (χ4n) is 1.87. The van der Waals surface area contributed by atoms with Crippen LogP contribution in [0.4, 0.5) is 4.79 Å². The average molecular weight is 271 g/mol. The van der Waals surface area contributed by atoms with Crippen LogP contribution in [0.25, 0.3) is 0 Å². The fraction of sp³-hybridized carbons (Fsp3) is 0.846. The molecule has 0 heterocycles. The molecule has 0 spiro atoms. The number of nitrogens with zero attached hydrogens (tertiary/aromatic N) is 2. The molecular formula is C13H25N3O3. The molecule has 19 heavy (non-hydrogen) atoms. The van der Waals surface area contributed by atoms with Crippen LogP contribution in [0.5, 0.6) is 0 Å². The lowest BCUT2D eigenvalue weighted by Crippen LogP contribution is -2.46. The van der Waals surface area contributed by atoms with Crippen molar-refractivity contribution in [3.05, 3.63) is 0 Å². The summed E-state index contributed by atoms with van der Waals surface area (Å²) in [6.07, 6.45) is 2.87. The van der Waals surface area contributed by atoms with Crippen LogP contribution in [0.1, 0.15) is 32.6 Å². The number of hydrogen-bond donors (Lipinski definition) is 2. The van der Waals surface area contributed by atoms with Crippen LogP contribution in [0.15, 0.2) is 0 Å². The van der Waals surface area contributed by atoms with Crippen molar-refractivity contribution in [2.75, 3.05) is 27.2 Å². The van der Waals surface area contributed by atoms with Gasteiger partial charge in [0.05, 0.1) is 6.42 Å². The number of carbonyl (C=O) groups excluding carboxylic acids is 1. The zero-order valence-corrected chi connectivity index (χ0v) is 12.1. The lowest BCUT2D eigenvalue weighted by Gasteiger charge is -2.25. The Morgan fingerprint density at radius 2 is 1.95 bits per heavy atom. The van der Waals surface area contributed by atoms with E-state index < -0.39 is 5.97 Å². The van der Waals surface area contributed by atoms with E-state index >= 15 is 0 Å². The first kappa shape index (κ1) is 15.8. The summed E-state index contributed by atoms with van der Waals surface area (Å²) >= 11 is 0. The number of carbonyl (C=O) groups is 2. The highest BCUT2D eigenvalue weighted by Crippen LogP contribution is 2.27. The van der Waals surface area contributed by atoms with Crippen molar-refractivity contribution in [2.24, 2.45) is 0 Å². The van der Waals surface area contributed by atoms with E-state index in [9.17, 15) is 9.59 Å². The van der Waals surface area contributed by atoms with Gasteiger partial charge in [0.2, 0.25) is 0 Å². The zero-order chi connectivity index (χ0) is 14.4. The van der Waals surface area contributed by atoms with E-state index in [1.54, 1.807) is 4.90 Å². The number of amides is 2. The fourth-order valence-corrected chi connectivity index (χ4v) is 1.87. The van der Waals surface area contributed by atoms with E-state index in [4.69, 9.17) is 5.11 Å². The summed E-state index contributed by atoms with van der Waals surface area (Å²) < 4.78 is 0. The van der Waals surface area contributed by atoms with Gasteiger partial charge >= 0.3 is 12.0 Å². The predicted molar refractivity (Wildman–Crippen MR) is 73.1 cm³/mol. The van der Waals surface area contributed by atoms with Gasteiger partial charge in [-0.15, -0.1) is 0 Å². The third-order valence-corrected chi connectivity index (χ3v) is 3.19. The molecule has 0 saturated heterocycles. The molecular weight excluding hydrogens is 246 g/mol. The highest BCUT2D eigenvalue weighted by molar-refractivity contribution is 5.76. The van der Waals surface area contributed by atoms with Crippen molar-refractivity contribution >= 4 is 12.0 Å². The molecule has 1 aliphatic rings. The third-order valence-electron chi connectivity index (χ3n) is 3.19. The number of rotatable bonds is 8. The number of hydrogen-bond acceptors (Lipinski definition) is 3. The molecule has 1 rings (SSSR count). The SMILES string of the molecule is CC(CCN(C)C)NC(=O)N(CCC(=O)O)C1CC1. The van der Waals surface area contributed by atoms with E-state index in [1.165, 1.54) is 0 Å². The average Bonchev–Trinajstić information content (AvgIpc) is 3.10. The first-order chi connectivity index (χ1) is 8.90. The van der Waals surface area contributed by atoms with Gasteiger partial charge in [-0.05, 0) is 46.8 Å². The van der Waals surface area contributed by atoms with Gasteiger partial charge in [0.25, 0.3) is 0 Å². The summed E-state index contributed by atoms with van der Waals surface area (Å²) in [6, 6.07) is 0.205. The zero-order valence-electron chi connectivity index (χ0n) is 12.1. The molecule has 0 aromatic carbocycles. The van der Waals surface area contributed by atoms with E-state index in [-0.39, 0.29) is 24.5 Å². The summed E-state index contributed by atoms with van der Waals surface area (Å²) in [4.78, 5) is 26.4. The first-order valence-electron chi connectivity index (χ1n) is 6.83. The summed E-state index contributed by atoms with van der Waals surface area (Å²) in [6.45, 7) is 3.19. The van der Waals surface area contributed by atoms with Crippen molar-refractivity contribution in [3.8, 4) is 0 Å². The molecule has 6 nitrogen and oxygen atoms in total. The lowest BCUT2D eigenvalue weighted by atomic mass is 10.2. The van der Waals surface area contributed by atoms with E-state index in [0.717, 1.165) is 25.8 Å². The summed E-state index contributed by atoms with van der Waals surface area (Å²) in [5.74, 6) is -0.862. The molecule has 1 unspecified atom stereocenters. The maximum atomic E-state index is 12.1. The number of urea groups is 1. The van der Waals surface area contributed by atoms with Gasteiger partial charge in [-0.1, -0.05) is 0 Å². The minimum atomic E-state index is -0.862. The second kappa shape index (κ2) is 7.33. The molecule has 0 bridgehead atoms. The van der Waals surface area contributed by atoms with Gasteiger partial charge < -0.3 is 20.2 Å². The van der Waals surface area contributed by atoms with E-state index in [0.29, 0.717) is 6.54 Å². The number of carboxylic acid groups (broad SMARTS) is 1. The molecule has 1 saturated carbocycles. The molecule has 110 valence electrons. The van der Waals surface area contributed by atoms with Gasteiger partial charge in [-0.3, -0.25) is 4.79 Å². The number of nitrogens with one attached hydrogen (secondary N) is 1. The molecule has 0 aromatic heterocycles. The smallest absolute Gasteiger partial charge is 0.317 e. The topological polar surface area (TPSA) is 72.9 Å². The van der Waals surface area contributed by atoms with Crippen molar-refractivity contribution in [3.63, 3.8) is 0 Å². The quantitative estimate of drug-likeness (QED) is 0.690. The van der Waals surface area contributed by atoms with Crippen molar-refractivity contribution in [2.45, 2.75) is 44.7 Å². The normalized spacial score (nSPS) is 16.2. The van der Waals surface area contributed by atoms with Crippen LogP contribution in [0, 0.1) is 0 Å². The van der Waals surface area contributed by atoms with Gasteiger partial charge in [-0.25, -0.2) is 4.79 Å². The van der Waals surface area contributed by atoms with E-state index in [2.05, 4.69) is 10.2 Å². The van der Waals surface area contributed by atoms with Crippen molar-refractivity contribution in [1.29, 1.82) is 0 Å². The molecule has 2 amide bonds. The highest BCUT2D eigenvalue weighted by atomic mass is 16.4. The Morgan fingerprint density at radius 3 is 2.42 bits per heavy atom. The minimum Gasteiger partial charge on any atom is -0.481 e. The highest BCUT2D eigenvalue weighted by Gasteiger charge is 2.33. The largest absolute Gasteiger partial charge is 0.481 e. The van der Waals surface area contributed by atoms with Crippen molar-refractivity contribution in [1.82, 2.24) is 15.1 Å². The maximum Gasteiger partial charge on any atom is 0.317 e. The second-order valence-corrected chi connectivity index (χ2v) is 5.51. The summed E-state index contributed by atoms with van der Waals surface area (Å²) in [7, 11) is 4.00. The van der Waals surface area contributed by atoms with E-state index in [1.807, 2.05) is 21.0 Å². The Balaban J connectivity index is 2.36. The monoisotopic (exact) mass is 271 g/mol. The first-order valence-corrected chi connectivity index (χ1v) is 6.83. The Morgan fingerprint density at radius 1 is 1.32 bits per heavy atom. The van der Waals surface area contributed by atoms with Crippen LogP contribution < -0.4 is 5.32 Å². The van der Waals surface area contributed by atoms with Crippen molar-refractivity contribution < 1.29 is 14.7 Å². The summed E-state index contributed by atoms with van der Waals surface area (Å²) in [5.41, 5.74) is 0. The van der Waals surface area contributed by atoms with Crippen LogP contribution >= 0.6 is 0 Å². The Hall–Kier alpha value is -1.30. The number of aliphatic carboxylic acids is 1. The van der Waals surface area contributed by atoms with Crippen LogP contribution in [0.2, 0.25) is 0 Å². The Kier molecular flexibility index (Phi) is 6.08. The standard InChI is InChI=1S/C13H25N3O3/c1-10(6-8-15(2)3)14-13(19)16(11-4-5-11)9-7-12(17)18/h10-11H,4-9H2,1-3H3,(H,14,19)(H,17,18). The van der Waals surface area contributed by atoms with Crippen LogP contribution in [-0.4, -0.2) is 66.2 Å². The van der Waals surface area contributed by atoms with Crippen LogP contribution in [0.3, 0.4) is 0 Å². The van der Waals surface area contributed by atoms with Gasteiger partial charge in [0.15, 0.2) is 0 Å².